The van der Waals surface area contributed by atoms with E-state index in [1.807, 2.05) is 30.5 Å². The Morgan fingerprint density at radius 1 is 1.47 bits per heavy atom. The van der Waals surface area contributed by atoms with Crippen LogP contribution in [0.2, 0.25) is 5.02 Å². The van der Waals surface area contributed by atoms with Crippen molar-refractivity contribution < 1.29 is 9.53 Å². The molecule has 0 bridgehead atoms. The molecule has 0 spiro atoms. The summed E-state index contributed by atoms with van der Waals surface area (Å²) in [7, 11) is 0. The summed E-state index contributed by atoms with van der Waals surface area (Å²) >= 11 is 7.36. The summed E-state index contributed by atoms with van der Waals surface area (Å²) in [5.41, 5.74) is 3.96. The number of hydrazine groups is 1. The predicted octanol–water partition coefficient (Wildman–Crippen LogP) is 2.89. The second kappa shape index (κ2) is 6.06. The van der Waals surface area contributed by atoms with Crippen molar-refractivity contribution in [3.63, 3.8) is 0 Å². The zero-order chi connectivity index (χ0) is 13.8. The lowest BCUT2D eigenvalue weighted by molar-refractivity contribution is 0.0955. The number of aryl methyl sites for hydroxylation is 1. The van der Waals surface area contributed by atoms with Crippen molar-refractivity contribution in [2.75, 3.05) is 0 Å². The number of nitrogens with one attached hydrogen (secondary N) is 1. The standard InChI is InChI=1S/C13H13ClN2O2S/c1-8-2-3-10(14)11(6-8)18-7-9-4-5-19-12(9)13(17)16-15/h2-6H,7,15H2,1H3,(H,16,17). The van der Waals surface area contributed by atoms with Gasteiger partial charge in [-0.05, 0) is 36.1 Å². The highest BCUT2D eigenvalue weighted by Gasteiger charge is 2.13. The fourth-order valence-corrected chi connectivity index (χ4v) is 2.58. The Morgan fingerprint density at radius 2 is 2.26 bits per heavy atom. The van der Waals surface area contributed by atoms with Crippen LogP contribution in [0.3, 0.4) is 0 Å². The van der Waals surface area contributed by atoms with Gasteiger partial charge < -0.3 is 4.74 Å². The number of nitrogen functional groups attached to an aromatic ring is 1. The quantitative estimate of drug-likeness (QED) is 0.518. The van der Waals surface area contributed by atoms with Gasteiger partial charge in [-0.1, -0.05) is 17.7 Å². The third-order valence-electron chi connectivity index (χ3n) is 2.55. The van der Waals surface area contributed by atoms with Crippen LogP contribution in [0.25, 0.3) is 0 Å². The molecule has 100 valence electrons. The molecular formula is C13H13ClN2O2S. The molecule has 1 heterocycles. The SMILES string of the molecule is Cc1ccc(Cl)c(OCc2ccsc2C(=O)NN)c1. The molecule has 2 rings (SSSR count). The Labute approximate surface area is 120 Å². The second-order valence-electron chi connectivity index (χ2n) is 3.97. The average Bonchev–Trinajstić information content (AvgIpc) is 2.87. The minimum atomic E-state index is -0.316. The highest BCUT2D eigenvalue weighted by molar-refractivity contribution is 7.12. The zero-order valence-corrected chi connectivity index (χ0v) is 11.8. The Bertz CT molecular complexity index is 598. The van der Waals surface area contributed by atoms with Crippen molar-refractivity contribution in [1.82, 2.24) is 5.43 Å². The van der Waals surface area contributed by atoms with Gasteiger partial charge in [0.25, 0.3) is 5.91 Å². The summed E-state index contributed by atoms with van der Waals surface area (Å²) in [6.45, 7) is 2.23. The highest BCUT2D eigenvalue weighted by atomic mass is 35.5. The zero-order valence-electron chi connectivity index (χ0n) is 10.3. The van der Waals surface area contributed by atoms with Crippen LogP contribution >= 0.6 is 22.9 Å². The maximum absolute atomic E-state index is 11.5. The van der Waals surface area contributed by atoms with Crippen LogP contribution < -0.4 is 16.0 Å². The number of thiophene rings is 1. The lowest BCUT2D eigenvalue weighted by Crippen LogP contribution is -2.30. The molecule has 0 aliphatic rings. The van der Waals surface area contributed by atoms with E-state index >= 15 is 0 Å². The molecule has 0 saturated carbocycles. The number of ether oxygens (including phenoxy) is 1. The Hall–Kier alpha value is -1.56. The summed E-state index contributed by atoms with van der Waals surface area (Å²) in [5, 5.41) is 2.37. The van der Waals surface area contributed by atoms with Crippen molar-refractivity contribution in [1.29, 1.82) is 0 Å². The van der Waals surface area contributed by atoms with E-state index in [9.17, 15) is 4.79 Å². The first-order valence-electron chi connectivity index (χ1n) is 5.58. The second-order valence-corrected chi connectivity index (χ2v) is 5.29. The van der Waals surface area contributed by atoms with E-state index in [2.05, 4.69) is 5.43 Å². The van der Waals surface area contributed by atoms with Gasteiger partial charge in [-0.2, -0.15) is 0 Å². The van der Waals surface area contributed by atoms with Gasteiger partial charge in [0.05, 0.1) is 9.90 Å². The number of hydrogen-bond acceptors (Lipinski definition) is 4. The van der Waals surface area contributed by atoms with Crippen LogP contribution in [0.1, 0.15) is 20.8 Å². The molecule has 0 unspecified atom stereocenters. The van der Waals surface area contributed by atoms with Crippen molar-refractivity contribution >= 4 is 28.8 Å². The predicted molar refractivity (Wildman–Crippen MR) is 76.5 cm³/mol. The van der Waals surface area contributed by atoms with Crippen LogP contribution in [0.4, 0.5) is 0 Å². The lowest BCUT2D eigenvalue weighted by atomic mass is 10.2. The van der Waals surface area contributed by atoms with E-state index in [0.717, 1.165) is 11.1 Å². The van der Waals surface area contributed by atoms with E-state index in [1.54, 1.807) is 6.07 Å². The number of amides is 1. The molecule has 0 radical (unpaired) electrons. The number of halogens is 1. The fourth-order valence-electron chi connectivity index (χ4n) is 1.59. The molecule has 0 aliphatic carbocycles. The first-order chi connectivity index (χ1) is 9.11. The molecule has 0 fully saturated rings. The van der Waals surface area contributed by atoms with Crippen molar-refractivity contribution in [2.24, 2.45) is 5.84 Å². The summed E-state index contributed by atoms with van der Waals surface area (Å²) < 4.78 is 5.65. The van der Waals surface area contributed by atoms with Crippen LogP contribution in [0.5, 0.6) is 5.75 Å². The van der Waals surface area contributed by atoms with Gasteiger partial charge in [0.15, 0.2) is 0 Å². The van der Waals surface area contributed by atoms with Gasteiger partial charge in [-0.25, -0.2) is 5.84 Å². The van der Waals surface area contributed by atoms with Gasteiger partial charge in [-0.3, -0.25) is 10.2 Å². The van der Waals surface area contributed by atoms with Gasteiger partial charge in [0.2, 0.25) is 0 Å². The van der Waals surface area contributed by atoms with Gasteiger partial charge in [-0.15, -0.1) is 11.3 Å². The summed E-state index contributed by atoms with van der Waals surface area (Å²) in [6, 6.07) is 7.39. The van der Waals surface area contributed by atoms with E-state index in [1.165, 1.54) is 11.3 Å². The molecule has 4 nitrogen and oxygen atoms in total. The van der Waals surface area contributed by atoms with Crippen LogP contribution in [0, 0.1) is 6.92 Å². The van der Waals surface area contributed by atoms with E-state index in [-0.39, 0.29) is 12.5 Å². The molecule has 0 saturated heterocycles. The van der Waals surface area contributed by atoms with Crippen molar-refractivity contribution in [2.45, 2.75) is 13.5 Å². The number of rotatable bonds is 4. The lowest BCUT2D eigenvalue weighted by Gasteiger charge is -2.09. The normalized spacial score (nSPS) is 10.3. The maximum Gasteiger partial charge on any atom is 0.275 e. The number of benzene rings is 1. The first kappa shape index (κ1) is 13.9. The topological polar surface area (TPSA) is 64.3 Å². The minimum Gasteiger partial charge on any atom is -0.487 e. The maximum atomic E-state index is 11.5. The smallest absolute Gasteiger partial charge is 0.275 e. The summed E-state index contributed by atoms with van der Waals surface area (Å²) in [4.78, 5) is 12.1. The molecule has 6 heteroatoms. The largest absolute Gasteiger partial charge is 0.487 e. The van der Waals surface area contributed by atoms with Crippen LogP contribution in [-0.2, 0) is 6.61 Å². The third kappa shape index (κ3) is 3.26. The fraction of sp³-hybridized carbons (Fsp3) is 0.154. The van der Waals surface area contributed by atoms with E-state index in [4.69, 9.17) is 22.2 Å². The van der Waals surface area contributed by atoms with Crippen molar-refractivity contribution in [3.05, 3.63) is 50.7 Å². The third-order valence-corrected chi connectivity index (χ3v) is 3.82. The molecule has 0 atom stereocenters. The molecule has 19 heavy (non-hydrogen) atoms. The average molecular weight is 297 g/mol. The monoisotopic (exact) mass is 296 g/mol. The van der Waals surface area contributed by atoms with Gasteiger partial charge >= 0.3 is 0 Å². The van der Waals surface area contributed by atoms with Gasteiger partial charge in [0.1, 0.15) is 12.4 Å². The first-order valence-corrected chi connectivity index (χ1v) is 6.84. The highest BCUT2D eigenvalue weighted by Crippen LogP contribution is 2.27. The Balaban J connectivity index is 2.13. The minimum absolute atomic E-state index is 0.273. The number of hydrogen-bond donors (Lipinski definition) is 2. The molecule has 1 amide bonds. The number of carbonyl (C=O) groups excluding carboxylic acids is 1. The Kier molecular flexibility index (Phi) is 4.42. The van der Waals surface area contributed by atoms with E-state index in [0.29, 0.717) is 15.6 Å². The molecular weight excluding hydrogens is 284 g/mol. The van der Waals surface area contributed by atoms with E-state index < -0.39 is 0 Å². The molecule has 0 aliphatic heterocycles. The number of carbonyl (C=O) groups is 1. The van der Waals surface area contributed by atoms with Crippen LogP contribution in [0.15, 0.2) is 29.6 Å². The number of nitrogens with two attached hydrogens (primary N) is 1. The molecule has 1 aromatic carbocycles. The van der Waals surface area contributed by atoms with Crippen LogP contribution in [-0.4, -0.2) is 5.91 Å². The van der Waals surface area contributed by atoms with Gasteiger partial charge in [0, 0.05) is 5.56 Å². The molecule has 2 aromatic rings. The Morgan fingerprint density at radius 3 is 3.00 bits per heavy atom. The molecule has 3 N–H and O–H groups in total. The summed E-state index contributed by atoms with van der Waals surface area (Å²) in [6.07, 6.45) is 0. The summed E-state index contributed by atoms with van der Waals surface area (Å²) in [5.74, 6) is 5.42. The van der Waals surface area contributed by atoms with Crippen molar-refractivity contribution in [3.8, 4) is 5.75 Å². The molecule has 1 aromatic heterocycles.